The Labute approximate surface area is 220 Å². The molecule has 37 heavy (non-hydrogen) atoms. The molecule has 0 radical (unpaired) electrons. The van der Waals surface area contributed by atoms with Crippen molar-refractivity contribution in [2.75, 3.05) is 44.2 Å². The van der Waals surface area contributed by atoms with Crippen LogP contribution in [0, 0.1) is 20.8 Å². The van der Waals surface area contributed by atoms with Gasteiger partial charge in [0.2, 0.25) is 21.7 Å². The summed E-state index contributed by atoms with van der Waals surface area (Å²) in [6.45, 7) is 8.08. The van der Waals surface area contributed by atoms with Crippen molar-refractivity contribution in [2.24, 2.45) is 0 Å². The third kappa shape index (κ3) is 5.22. The van der Waals surface area contributed by atoms with Crippen LogP contribution in [0.3, 0.4) is 0 Å². The summed E-state index contributed by atoms with van der Waals surface area (Å²) in [5.41, 5.74) is 2.88. The summed E-state index contributed by atoms with van der Waals surface area (Å²) < 4.78 is 38.7. The molecule has 0 bridgehead atoms. The Balaban J connectivity index is 1.17. The van der Waals surface area contributed by atoms with Crippen LogP contribution in [0.25, 0.3) is 11.4 Å². The first-order valence-corrected chi connectivity index (χ1v) is 13.8. The first-order chi connectivity index (χ1) is 17.6. The lowest BCUT2D eigenvalue weighted by atomic mass is 10.2. The highest BCUT2D eigenvalue weighted by molar-refractivity contribution is 7.89. The van der Waals surface area contributed by atoms with Crippen molar-refractivity contribution in [3.8, 4) is 11.4 Å². The summed E-state index contributed by atoms with van der Waals surface area (Å²) in [6.07, 6.45) is -0.709. The van der Waals surface area contributed by atoms with Crippen LogP contribution in [0.15, 0.2) is 45.8 Å². The van der Waals surface area contributed by atoms with Crippen LogP contribution in [0.4, 0.5) is 10.5 Å². The number of aromatic nitrogens is 2. The van der Waals surface area contributed by atoms with E-state index in [2.05, 4.69) is 15.0 Å². The van der Waals surface area contributed by atoms with Gasteiger partial charge in [0.05, 0.1) is 11.4 Å². The van der Waals surface area contributed by atoms with Gasteiger partial charge in [0.15, 0.2) is 0 Å². The van der Waals surface area contributed by atoms with E-state index >= 15 is 0 Å². The molecule has 0 N–H and O–H groups in total. The summed E-state index contributed by atoms with van der Waals surface area (Å²) in [6, 6.07) is 10.7. The molecular weight excluding hydrogens is 518 g/mol. The Hall–Kier alpha value is -2.99. The summed E-state index contributed by atoms with van der Waals surface area (Å²) in [4.78, 5) is 20.8. The largest absolute Gasteiger partial charge is 0.443 e. The Morgan fingerprint density at radius 1 is 1.03 bits per heavy atom. The molecule has 0 aliphatic carbocycles. The number of aryl methyl sites for hydroxylation is 3. The van der Waals surface area contributed by atoms with Crippen LogP contribution >= 0.6 is 11.6 Å². The van der Waals surface area contributed by atoms with Crippen molar-refractivity contribution in [3.63, 3.8) is 0 Å². The summed E-state index contributed by atoms with van der Waals surface area (Å²) in [7, 11) is -3.62. The zero-order chi connectivity index (χ0) is 26.3. The molecule has 2 saturated heterocycles. The van der Waals surface area contributed by atoms with Crippen LogP contribution in [0.5, 0.6) is 0 Å². The van der Waals surface area contributed by atoms with Gasteiger partial charge in [-0.05, 0) is 61.4 Å². The van der Waals surface area contributed by atoms with E-state index in [0.29, 0.717) is 66.5 Å². The second-order valence-electron chi connectivity index (χ2n) is 9.37. The average Bonchev–Trinajstić information content (AvgIpc) is 3.47. The lowest BCUT2D eigenvalue weighted by Gasteiger charge is -2.35. The first-order valence-electron chi connectivity index (χ1n) is 12.0. The number of ether oxygens (including phenoxy) is 1. The molecule has 2 fully saturated rings. The van der Waals surface area contributed by atoms with E-state index in [9.17, 15) is 13.2 Å². The minimum Gasteiger partial charge on any atom is -0.443 e. The highest BCUT2D eigenvalue weighted by atomic mass is 35.5. The minimum atomic E-state index is -3.62. The fraction of sp³-hybridized carbons (Fsp3) is 0.400. The van der Waals surface area contributed by atoms with Crippen LogP contribution in [-0.4, -0.2) is 79.2 Å². The Bertz CT molecular complexity index is 1420. The van der Waals surface area contributed by atoms with Crippen LogP contribution in [-0.2, 0) is 14.8 Å². The van der Waals surface area contributed by atoms with Crippen molar-refractivity contribution < 1.29 is 22.5 Å². The SMILES string of the molecule is Cc1nc(-c2ccc(N3CC(CN4CCN(S(=O)(=O)c5cc(C)c(Cl)cc5C)CC4)OC3=O)cc2)no1. The zero-order valence-corrected chi connectivity index (χ0v) is 22.4. The predicted octanol–water partition coefficient (Wildman–Crippen LogP) is 3.65. The van der Waals surface area contributed by atoms with Gasteiger partial charge >= 0.3 is 6.09 Å². The van der Waals surface area contributed by atoms with Gasteiger partial charge in [0.25, 0.3) is 0 Å². The number of benzene rings is 2. The molecular formula is C25H28ClN5O5S. The fourth-order valence-electron chi connectivity index (χ4n) is 4.65. The number of nitrogens with zero attached hydrogens (tertiary/aromatic N) is 5. The molecule has 10 nitrogen and oxygen atoms in total. The number of carbonyl (C=O) groups is 1. The molecule has 3 heterocycles. The molecule has 196 valence electrons. The summed E-state index contributed by atoms with van der Waals surface area (Å²) in [5.74, 6) is 0.979. The van der Waals surface area contributed by atoms with Gasteiger partial charge in [0.1, 0.15) is 6.10 Å². The molecule has 3 aromatic rings. The molecule has 5 rings (SSSR count). The zero-order valence-electron chi connectivity index (χ0n) is 20.8. The number of piperazine rings is 1. The lowest BCUT2D eigenvalue weighted by Crippen LogP contribution is -2.50. The van der Waals surface area contributed by atoms with E-state index in [1.807, 2.05) is 24.3 Å². The molecule has 12 heteroatoms. The smallest absolute Gasteiger partial charge is 0.414 e. The number of amides is 1. The maximum atomic E-state index is 13.3. The number of anilines is 1. The number of sulfonamides is 1. The minimum absolute atomic E-state index is 0.295. The summed E-state index contributed by atoms with van der Waals surface area (Å²) >= 11 is 6.15. The Morgan fingerprint density at radius 3 is 2.38 bits per heavy atom. The monoisotopic (exact) mass is 545 g/mol. The van der Waals surface area contributed by atoms with Gasteiger partial charge in [-0.25, -0.2) is 13.2 Å². The normalized spacial score (nSPS) is 19.4. The maximum Gasteiger partial charge on any atom is 0.414 e. The molecule has 2 aromatic carbocycles. The highest BCUT2D eigenvalue weighted by Crippen LogP contribution is 2.28. The first kappa shape index (κ1) is 25.7. The van der Waals surface area contributed by atoms with Gasteiger partial charge < -0.3 is 9.26 Å². The number of hydrogen-bond donors (Lipinski definition) is 0. The van der Waals surface area contributed by atoms with Gasteiger partial charge in [-0.15, -0.1) is 0 Å². The number of halogens is 1. The van der Waals surface area contributed by atoms with Gasteiger partial charge in [-0.2, -0.15) is 9.29 Å². The van der Waals surface area contributed by atoms with E-state index in [4.69, 9.17) is 20.9 Å². The maximum absolute atomic E-state index is 13.3. The third-order valence-electron chi connectivity index (χ3n) is 6.71. The van der Waals surface area contributed by atoms with Crippen LogP contribution in [0.2, 0.25) is 5.02 Å². The number of hydrogen-bond acceptors (Lipinski definition) is 8. The van der Waals surface area contributed by atoms with Gasteiger partial charge in [0, 0.05) is 55.9 Å². The van der Waals surface area contributed by atoms with Crippen LogP contribution in [0.1, 0.15) is 17.0 Å². The van der Waals surface area contributed by atoms with Crippen molar-refractivity contribution in [2.45, 2.75) is 31.8 Å². The van der Waals surface area contributed by atoms with Crippen molar-refractivity contribution in [1.82, 2.24) is 19.3 Å². The Kier molecular flexibility index (Phi) is 6.97. The molecule has 0 spiro atoms. The molecule has 2 aliphatic heterocycles. The quantitative estimate of drug-likeness (QED) is 0.462. The van der Waals surface area contributed by atoms with Crippen LogP contribution < -0.4 is 4.90 Å². The number of rotatable bonds is 6. The molecule has 1 aromatic heterocycles. The molecule has 0 saturated carbocycles. The average molecular weight is 546 g/mol. The number of carbonyl (C=O) groups excluding carboxylic acids is 1. The fourth-order valence-corrected chi connectivity index (χ4v) is 6.58. The molecule has 2 aliphatic rings. The predicted molar refractivity (Wildman–Crippen MR) is 138 cm³/mol. The van der Waals surface area contributed by atoms with E-state index < -0.39 is 16.1 Å². The number of cyclic esters (lactones) is 1. The molecule has 1 unspecified atom stereocenters. The van der Waals surface area contributed by atoms with Gasteiger partial charge in [-0.1, -0.05) is 16.8 Å². The van der Waals surface area contributed by atoms with E-state index in [0.717, 1.165) is 16.8 Å². The van der Waals surface area contributed by atoms with E-state index in [1.54, 1.807) is 37.8 Å². The second-order valence-corrected chi connectivity index (χ2v) is 11.7. The highest BCUT2D eigenvalue weighted by Gasteiger charge is 2.36. The van der Waals surface area contributed by atoms with Crippen molar-refractivity contribution >= 4 is 33.4 Å². The van der Waals surface area contributed by atoms with Gasteiger partial charge in [-0.3, -0.25) is 9.80 Å². The molecule has 1 atom stereocenters. The Morgan fingerprint density at radius 2 is 1.73 bits per heavy atom. The van der Waals surface area contributed by atoms with Crippen molar-refractivity contribution in [1.29, 1.82) is 0 Å². The van der Waals surface area contributed by atoms with E-state index in [-0.39, 0.29) is 6.10 Å². The second kappa shape index (κ2) is 10.1. The third-order valence-corrected chi connectivity index (χ3v) is 9.15. The topological polar surface area (TPSA) is 109 Å². The van der Waals surface area contributed by atoms with Crippen molar-refractivity contribution in [3.05, 3.63) is 58.4 Å². The summed E-state index contributed by atoms with van der Waals surface area (Å²) in [5, 5.41) is 4.47. The molecule has 1 amide bonds. The van der Waals surface area contributed by atoms with E-state index in [1.165, 1.54) is 4.31 Å². The lowest BCUT2D eigenvalue weighted by molar-refractivity contribution is 0.0937. The standard InChI is InChI=1S/C25H28ClN5O5S/c1-16-13-23(17(2)12-22(16)26)37(33,34)30-10-8-29(9-11-30)14-21-15-31(25(32)35-21)20-6-4-19(5-7-20)24-27-18(3)36-28-24/h4-7,12-13,21H,8-11,14-15H2,1-3H3.